The van der Waals surface area contributed by atoms with Gasteiger partial charge in [0, 0.05) is 5.56 Å². The van der Waals surface area contributed by atoms with Crippen molar-refractivity contribution in [1.82, 2.24) is 15.2 Å². The summed E-state index contributed by atoms with van der Waals surface area (Å²) in [6, 6.07) is 13.2. The molecule has 0 bridgehead atoms. The number of hydrogen-bond donors (Lipinski definition) is 2. The lowest BCUT2D eigenvalue weighted by Crippen LogP contribution is -2.30. The fourth-order valence-corrected chi connectivity index (χ4v) is 2.14. The number of aromatic amines is 1. The molecule has 7 heteroatoms. The maximum atomic E-state index is 13.0. The second-order valence-corrected chi connectivity index (χ2v) is 5.58. The van der Waals surface area contributed by atoms with Crippen LogP contribution in [-0.2, 0) is 4.79 Å². The first-order valence-electron chi connectivity index (χ1n) is 7.74. The van der Waals surface area contributed by atoms with Gasteiger partial charge in [0.2, 0.25) is 5.95 Å². The second kappa shape index (κ2) is 7.12. The first-order chi connectivity index (χ1) is 12.0. The van der Waals surface area contributed by atoms with Gasteiger partial charge in [-0.05, 0) is 50.2 Å². The number of rotatable bonds is 5. The van der Waals surface area contributed by atoms with E-state index in [1.54, 1.807) is 31.2 Å². The van der Waals surface area contributed by atoms with Gasteiger partial charge in [-0.15, -0.1) is 5.10 Å². The molecule has 1 atom stereocenters. The van der Waals surface area contributed by atoms with E-state index in [9.17, 15) is 9.18 Å². The van der Waals surface area contributed by atoms with Crippen molar-refractivity contribution < 1.29 is 13.9 Å². The van der Waals surface area contributed by atoms with Crippen molar-refractivity contribution in [2.75, 3.05) is 5.32 Å². The van der Waals surface area contributed by atoms with Crippen LogP contribution in [0.15, 0.2) is 48.5 Å². The molecule has 128 valence electrons. The van der Waals surface area contributed by atoms with E-state index in [2.05, 4.69) is 20.5 Å². The number of carbonyl (C=O) groups excluding carboxylic acids is 1. The van der Waals surface area contributed by atoms with Crippen molar-refractivity contribution >= 4 is 11.9 Å². The van der Waals surface area contributed by atoms with Crippen LogP contribution in [0.2, 0.25) is 0 Å². The maximum Gasteiger partial charge on any atom is 0.267 e. The van der Waals surface area contributed by atoms with Gasteiger partial charge in [-0.25, -0.2) is 4.39 Å². The molecule has 25 heavy (non-hydrogen) atoms. The molecule has 2 N–H and O–H groups in total. The third-order valence-corrected chi connectivity index (χ3v) is 3.54. The van der Waals surface area contributed by atoms with Crippen LogP contribution in [0.3, 0.4) is 0 Å². The van der Waals surface area contributed by atoms with Crippen molar-refractivity contribution in [1.29, 1.82) is 0 Å². The highest BCUT2D eigenvalue weighted by Gasteiger charge is 2.17. The van der Waals surface area contributed by atoms with E-state index in [4.69, 9.17) is 4.74 Å². The molecule has 3 aromatic rings. The highest BCUT2D eigenvalue weighted by molar-refractivity contribution is 5.92. The quantitative estimate of drug-likeness (QED) is 0.747. The Morgan fingerprint density at radius 3 is 2.52 bits per heavy atom. The normalized spacial score (nSPS) is 11.8. The molecule has 1 aromatic heterocycles. The van der Waals surface area contributed by atoms with Crippen LogP contribution in [-0.4, -0.2) is 27.2 Å². The molecule has 2 aromatic carbocycles. The van der Waals surface area contributed by atoms with Gasteiger partial charge in [-0.3, -0.25) is 15.2 Å². The Morgan fingerprint density at radius 2 is 1.84 bits per heavy atom. The minimum atomic E-state index is -0.713. The number of amides is 1. The van der Waals surface area contributed by atoms with Crippen LogP contribution >= 0.6 is 0 Å². The minimum absolute atomic E-state index is 0.128. The predicted octanol–water partition coefficient (Wildman–Crippen LogP) is 3.33. The second-order valence-electron chi connectivity index (χ2n) is 5.58. The van der Waals surface area contributed by atoms with E-state index in [1.165, 1.54) is 12.1 Å². The monoisotopic (exact) mass is 340 g/mol. The highest BCUT2D eigenvalue weighted by Crippen LogP contribution is 2.17. The molecule has 0 aliphatic rings. The lowest BCUT2D eigenvalue weighted by Gasteiger charge is -2.13. The molecule has 0 aliphatic carbocycles. The number of ether oxygens (including phenoxy) is 1. The fourth-order valence-electron chi connectivity index (χ4n) is 2.14. The first-order valence-corrected chi connectivity index (χ1v) is 7.74. The molecule has 0 fully saturated rings. The number of halogens is 1. The molecule has 0 saturated carbocycles. The molecule has 0 unspecified atom stereocenters. The lowest BCUT2D eigenvalue weighted by atomic mass is 10.2. The first kappa shape index (κ1) is 16.6. The standard InChI is InChI=1S/C18H17FN4O2/c1-11-3-9-15(10-4-11)25-12(2)17(24)21-18-20-16(22-23-18)13-5-7-14(19)8-6-13/h3-10,12H,1-2H3,(H2,20,21,22,23,24)/t12-/m1/s1. The summed E-state index contributed by atoms with van der Waals surface area (Å²) in [4.78, 5) is 16.4. The van der Waals surface area contributed by atoms with Crippen LogP contribution < -0.4 is 10.1 Å². The maximum absolute atomic E-state index is 13.0. The SMILES string of the molecule is Cc1ccc(O[C@H](C)C(=O)Nc2n[nH]c(-c3ccc(F)cc3)n2)cc1. The van der Waals surface area contributed by atoms with Gasteiger partial charge < -0.3 is 4.74 Å². The smallest absolute Gasteiger partial charge is 0.267 e. The Balaban J connectivity index is 1.62. The number of aromatic nitrogens is 3. The number of H-pyrrole nitrogens is 1. The van der Waals surface area contributed by atoms with Crippen molar-refractivity contribution in [2.45, 2.75) is 20.0 Å². The van der Waals surface area contributed by atoms with Crippen LogP contribution in [0.5, 0.6) is 5.75 Å². The summed E-state index contributed by atoms with van der Waals surface area (Å²) >= 11 is 0. The Morgan fingerprint density at radius 1 is 1.16 bits per heavy atom. The summed E-state index contributed by atoms with van der Waals surface area (Å²) in [6.07, 6.45) is -0.713. The van der Waals surface area contributed by atoms with Gasteiger partial charge in [-0.1, -0.05) is 17.7 Å². The van der Waals surface area contributed by atoms with E-state index in [0.717, 1.165) is 5.56 Å². The number of anilines is 1. The zero-order valence-corrected chi connectivity index (χ0v) is 13.8. The fraction of sp³-hybridized carbons (Fsp3) is 0.167. The summed E-state index contributed by atoms with van der Waals surface area (Å²) in [6.45, 7) is 3.62. The number of hydrogen-bond acceptors (Lipinski definition) is 4. The van der Waals surface area contributed by atoms with Gasteiger partial charge in [0.1, 0.15) is 11.6 Å². The summed E-state index contributed by atoms with van der Waals surface area (Å²) in [5.41, 5.74) is 1.77. The zero-order chi connectivity index (χ0) is 17.8. The Kier molecular flexibility index (Phi) is 4.74. The van der Waals surface area contributed by atoms with Crippen LogP contribution in [0.1, 0.15) is 12.5 Å². The molecular weight excluding hydrogens is 323 g/mol. The van der Waals surface area contributed by atoms with E-state index in [-0.39, 0.29) is 17.7 Å². The third kappa shape index (κ3) is 4.20. The number of carbonyl (C=O) groups is 1. The van der Waals surface area contributed by atoms with Crippen molar-refractivity contribution in [3.63, 3.8) is 0 Å². The van der Waals surface area contributed by atoms with Crippen LogP contribution in [0.4, 0.5) is 10.3 Å². The van der Waals surface area contributed by atoms with E-state index in [0.29, 0.717) is 17.1 Å². The molecule has 0 spiro atoms. The summed E-state index contributed by atoms with van der Waals surface area (Å²) < 4.78 is 18.5. The Bertz CT molecular complexity index is 860. The van der Waals surface area contributed by atoms with E-state index in [1.807, 2.05) is 19.1 Å². The largest absolute Gasteiger partial charge is 0.481 e. The van der Waals surface area contributed by atoms with E-state index < -0.39 is 6.10 Å². The van der Waals surface area contributed by atoms with Gasteiger partial charge in [-0.2, -0.15) is 4.98 Å². The number of nitrogens with one attached hydrogen (secondary N) is 2. The lowest BCUT2D eigenvalue weighted by molar-refractivity contribution is -0.122. The molecule has 0 aliphatic heterocycles. The average molecular weight is 340 g/mol. The molecule has 0 radical (unpaired) electrons. The molecule has 1 heterocycles. The zero-order valence-electron chi connectivity index (χ0n) is 13.8. The third-order valence-electron chi connectivity index (χ3n) is 3.54. The predicted molar refractivity (Wildman–Crippen MR) is 91.7 cm³/mol. The van der Waals surface area contributed by atoms with Gasteiger partial charge in [0.25, 0.3) is 5.91 Å². The molecule has 6 nitrogen and oxygen atoms in total. The van der Waals surface area contributed by atoms with Crippen molar-refractivity contribution in [2.24, 2.45) is 0 Å². The molecule has 1 amide bonds. The molecule has 3 rings (SSSR count). The average Bonchev–Trinajstić information content (AvgIpc) is 3.06. The topological polar surface area (TPSA) is 79.9 Å². The van der Waals surface area contributed by atoms with Gasteiger partial charge >= 0.3 is 0 Å². The minimum Gasteiger partial charge on any atom is -0.481 e. The number of benzene rings is 2. The Hall–Kier alpha value is -3.22. The highest BCUT2D eigenvalue weighted by atomic mass is 19.1. The Labute approximate surface area is 144 Å². The number of nitrogens with zero attached hydrogens (tertiary/aromatic N) is 2. The van der Waals surface area contributed by atoms with Crippen LogP contribution in [0.25, 0.3) is 11.4 Å². The van der Waals surface area contributed by atoms with Gasteiger partial charge in [0.15, 0.2) is 11.9 Å². The van der Waals surface area contributed by atoms with Gasteiger partial charge in [0.05, 0.1) is 0 Å². The summed E-state index contributed by atoms with van der Waals surface area (Å²) in [5, 5.41) is 9.22. The van der Waals surface area contributed by atoms with E-state index >= 15 is 0 Å². The summed E-state index contributed by atoms with van der Waals surface area (Å²) in [7, 11) is 0. The summed E-state index contributed by atoms with van der Waals surface area (Å²) in [5.74, 6) is 0.463. The van der Waals surface area contributed by atoms with Crippen molar-refractivity contribution in [3.05, 3.63) is 59.9 Å². The molecule has 0 saturated heterocycles. The number of aryl methyl sites for hydroxylation is 1. The van der Waals surface area contributed by atoms with Crippen LogP contribution in [0, 0.1) is 12.7 Å². The molecular formula is C18H17FN4O2. The van der Waals surface area contributed by atoms with Crippen molar-refractivity contribution in [3.8, 4) is 17.1 Å².